The number of methoxy groups -OCH3 is 1. The number of nitrogens with one attached hydrogen (secondary N) is 1. The second-order valence-electron chi connectivity index (χ2n) is 6.46. The van der Waals surface area contributed by atoms with Crippen molar-refractivity contribution in [3.05, 3.63) is 71.3 Å². The maximum atomic E-state index is 12.8. The molecule has 5 heteroatoms. The van der Waals surface area contributed by atoms with Gasteiger partial charge in [-0.15, -0.1) is 0 Å². The molecule has 0 spiro atoms. The van der Waals surface area contributed by atoms with E-state index in [0.717, 1.165) is 16.3 Å². The highest BCUT2D eigenvalue weighted by atomic mass is 16.5. The number of nitriles is 1. The van der Waals surface area contributed by atoms with Gasteiger partial charge in [-0.1, -0.05) is 36.4 Å². The average molecular weight is 386 g/mol. The topological polar surface area (TPSA) is 71.3 Å². The minimum Gasteiger partial charge on any atom is -0.495 e. The van der Waals surface area contributed by atoms with E-state index in [1.165, 1.54) is 7.11 Å². The maximum Gasteiger partial charge on any atom is 0.266 e. The van der Waals surface area contributed by atoms with Crippen LogP contribution in [-0.4, -0.2) is 19.6 Å². The molecule has 0 bridgehead atoms. The second-order valence-corrected chi connectivity index (χ2v) is 6.46. The second kappa shape index (κ2) is 8.94. The zero-order valence-corrected chi connectivity index (χ0v) is 16.7. The summed E-state index contributed by atoms with van der Waals surface area (Å²) >= 11 is 0. The van der Waals surface area contributed by atoms with Crippen LogP contribution in [0.3, 0.4) is 0 Å². The van der Waals surface area contributed by atoms with Crippen molar-refractivity contribution < 1.29 is 14.3 Å². The average Bonchev–Trinajstić information content (AvgIpc) is 2.73. The predicted molar refractivity (Wildman–Crippen MR) is 115 cm³/mol. The normalized spacial score (nSPS) is 11.0. The van der Waals surface area contributed by atoms with Crippen molar-refractivity contribution in [1.29, 1.82) is 5.26 Å². The Morgan fingerprint density at radius 2 is 1.90 bits per heavy atom. The molecule has 0 aliphatic carbocycles. The molecule has 0 saturated heterocycles. The van der Waals surface area contributed by atoms with Crippen LogP contribution in [0, 0.1) is 18.3 Å². The minimum absolute atomic E-state index is 0.0223. The van der Waals surface area contributed by atoms with E-state index in [1.807, 2.05) is 62.4 Å². The van der Waals surface area contributed by atoms with E-state index in [2.05, 4.69) is 5.32 Å². The van der Waals surface area contributed by atoms with Crippen LogP contribution >= 0.6 is 0 Å². The molecule has 0 aliphatic rings. The van der Waals surface area contributed by atoms with Gasteiger partial charge >= 0.3 is 0 Å². The Kier molecular flexibility index (Phi) is 6.16. The van der Waals surface area contributed by atoms with Gasteiger partial charge in [-0.25, -0.2) is 0 Å². The van der Waals surface area contributed by atoms with Crippen LogP contribution in [0.5, 0.6) is 11.5 Å². The summed E-state index contributed by atoms with van der Waals surface area (Å²) in [6.45, 7) is 4.29. The summed E-state index contributed by atoms with van der Waals surface area (Å²) < 4.78 is 11.0. The fourth-order valence-electron chi connectivity index (χ4n) is 3.11. The van der Waals surface area contributed by atoms with Gasteiger partial charge in [0.05, 0.1) is 19.4 Å². The molecule has 0 unspecified atom stereocenters. The first-order chi connectivity index (χ1) is 14.1. The number of carbonyl (C=O) groups is 1. The molecule has 1 amide bonds. The molecular formula is C24H22N2O3. The molecule has 0 aromatic heterocycles. The summed E-state index contributed by atoms with van der Waals surface area (Å²) in [4.78, 5) is 12.8. The largest absolute Gasteiger partial charge is 0.495 e. The van der Waals surface area contributed by atoms with Crippen molar-refractivity contribution in [3.8, 4) is 17.6 Å². The summed E-state index contributed by atoms with van der Waals surface area (Å²) in [5.41, 5.74) is 2.16. The van der Waals surface area contributed by atoms with Gasteiger partial charge in [-0.05, 0) is 54.5 Å². The Hall–Kier alpha value is -3.78. The molecule has 0 saturated carbocycles. The van der Waals surface area contributed by atoms with E-state index < -0.39 is 5.91 Å². The molecule has 0 aliphatic heterocycles. The number of anilines is 1. The first-order valence-corrected chi connectivity index (χ1v) is 9.29. The number of hydrogen-bond donors (Lipinski definition) is 1. The van der Waals surface area contributed by atoms with Crippen LogP contribution in [-0.2, 0) is 4.79 Å². The molecule has 0 radical (unpaired) electrons. The number of fused-ring (bicyclic) bond motifs is 1. The fourth-order valence-corrected chi connectivity index (χ4v) is 3.11. The molecule has 3 aromatic rings. The molecule has 0 fully saturated rings. The zero-order valence-electron chi connectivity index (χ0n) is 16.7. The van der Waals surface area contributed by atoms with Gasteiger partial charge in [0, 0.05) is 5.56 Å². The summed E-state index contributed by atoms with van der Waals surface area (Å²) in [7, 11) is 1.53. The molecule has 3 aromatic carbocycles. The lowest BCUT2D eigenvalue weighted by Gasteiger charge is -2.12. The van der Waals surface area contributed by atoms with E-state index in [-0.39, 0.29) is 5.57 Å². The van der Waals surface area contributed by atoms with Gasteiger partial charge in [0.2, 0.25) is 0 Å². The van der Waals surface area contributed by atoms with E-state index in [4.69, 9.17) is 9.47 Å². The van der Waals surface area contributed by atoms with E-state index in [9.17, 15) is 10.1 Å². The van der Waals surface area contributed by atoms with Crippen LogP contribution in [0.15, 0.2) is 60.2 Å². The smallest absolute Gasteiger partial charge is 0.266 e. The Bertz CT molecular complexity index is 1130. The van der Waals surface area contributed by atoms with Gasteiger partial charge in [0.1, 0.15) is 23.1 Å². The minimum atomic E-state index is -0.508. The van der Waals surface area contributed by atoms with Gasteiger partial charge in [0.25, 0.3) is 5.91 Å². The Morgan fingerprint density at radius 3 is 2.62 bits per heavy atom. The van der Waals surface area contributed by atoms with Crippen LogP contribution < -0.4 is 14.8 Å². The van der Waals surface area contributed by atoms with Crippen molar-refractivity contribution in [3.63, 3.8) is 0 Å². The highest BCUT2D eigenvalue weighted by molar-refractivity contribution is 6.11. The van der Waals surface area contributed by atoms with E-state index in [0.29, 0.717) is 29.4 Å². The number of benzene rings is 3. The molecule has 3 rings (SSSR count). The molecule has 1 N–H and O–H groups in total. The maximum absolute atomic E-state index is 12.8. The number of carbonyl (C=O) groups excluding carboxylic acids is 1. The first kappa shape index (κ1) is 20.0. The lowest BCUT2D eigenvalue weighted by Crippen LogP contribution is -2.14. The highest BCUT2D eigenvalue weighted by Crippen LogP contribution is 2.31. The van der Waals surface area contributed by atoms with Crippen LogP contribution in [0.2, 0.25) is 0 Å². The van der Waals surface area contributed by atoms with Crippen LogP contribution in [0.25, 0.3) is 16.8 Å². The summed E-state index contributed by atoms with van der Waals surface area (Å²) in [6.07, 6.45) is 1.57. The number of ether oxygens (including phenoxy) is 2. The third kappa shape index (κ3) is 4.39. The molecule has 146 valence electrons. The number of rotatable bonds is 6. The Morgan fingerprint density at radius 1 is 1.14 bits per heavy atom. The Labute approximate surface area is 170 Å². The molecular weight excluding hydrogens is 364 g/mol. The van der Waals surface area contributed by atoms with E-state index in [1.54, 1.807) is 18.2 Å². The lowest BCUT2D eigenvalue weighted by atomic mass is 10.0. The molecule has 0 atom stereocenters. The number of amides is 1. The summed E-state index contributed by atoms with van der Waals surface area (Å²) in [6, 6.07) is 19.1. The van der Waals surface area contributed by atoms with Gasteiger partial charge < -0.3 is 14.8 Å². The SMILES string of the molecule is CCOc1ccc2ccccc2c1/C=C(\C#N)C(=O)Nc1cc(C)ccc1OC. The van der Waals surface area contributed by atoms with Crippen molar-refractivity contribution in [2.45, 2.75) is 13.8 Å². The van der Waals surface area contributed by atoms with Gasteiger partial charge in [-0.3, -0.25) is 4.79 Å². The number of aryl methyl sites for hydroxylation is 1. The van der Waals surface area contributed by atoms with Crippen molar-refractivity contribution in [2.24, 2.45) is 0 Å². The summed E-state index contributed by atoms with van der Waals surface area (Å²) in [5.74, 6) is 0.646. The van der Waals surface area contributed by atoms with Gasteiger partial charge in [0.15, 0.2) is 0 Å². The first-order valence-electron chi connectivity index (χ1n) is 9.29. The highest BCUT2D eigenvalue weighted by Gasteiger charge is 2.15. The molecule has 29 heavy (non-hydrogen) atoms. The van der Waals surface area contributed by atoms with Crippen molar-refractivity contribution >= 4 is 28.4 Å². The van der Waals surface area contributed by atoms with Gasteiger partial charge in [-0.2, -0.15) is 5.26 Å². The third-order valence-electron chi connectivity index (χ3n) is 4.49. The zero-order chi connectivity index (χ0) is 20.8. The van der Waals surface area contributed by atoms with Crippen molar-refractivity contribution in [1.82, 2.24) is 0 Å². The predicted octanol–water partition coefficient (Wildman–Crippen LogP) is 5.10. The van der Waals surface area contributed by atoms with E-state index >= 15 is 0 Å². The molecule has 5 nitrogen and oxygen atoms in total. The fraction of sp³-hybridized carbons (Fsp3) is 0.167. The monoisotopic (exact) mass is 386 g/mol. The standard InChI is InChI=1S/C24H22N2O3/c1-4-29-22-12-10-17-7-5-6-8-19(17)20(22)14-18(15-25)24(27)26-21-13-16(2)9-11-23(21)28-3/h5-14H,4H2,1-3H3,(H,26,27)/b18-14+. The van der Waals surface area contributed by atoms with Crippen LogP contribution in [0.4, 0.5) is 5.69 Å². The quantitative estimate of drug-likeness (QED) is 0.472. The number of hydrogen-bond acceptors (Lipinski definition) is 4. The lowest BCUT2D eigenvalue weighted by molar-refractivity contribution is -0.112. The summed E-state index contributed by atoms with van der Waals surface area (Å²) in [5, 5.41) is 14.3. The molecule has 0 heterocycles. The third-order valence-corrected chi connectivity index (χ3v) is 4.49. The number of nitrogens with zero attached hydrogens (tertiary/aromatic N) is 1. The Balaban J connectivity index is 2.04. The van der Waals surface area contributed by atoms with Crippen LogP contribution in [0.1, 0.15) is 18.1 Å². The van der Waals surface area contributed by atoms with Crippen molar-refractivity contribution in [2.75, 3.05) is 19.0 Å².